The topological polar surface area (TPSA) is 64.6 Å². The number of benzene rings is 2. The van der Waals surface area contributed by atoms with E-state index in [-0.39, 0.29) is 5.78 Å². The van der Waals surface area contributed by atoms with Crippen LogP contribution in [0.25, 0.3) is 5.57 Å². The number of ketones is 1. The summed E-state index contributed by atoms with van der Waals surface area (Å²) < 4.78 is 11.9. The van der Waals surface area contributed by atoms with Gasteiger partial charge in [0, 0.05) is 12.0 Å². The average molecular weight is 466 g/mol. The largest absolute Gasteiger partial charge is 0.443 e. The van der Waals surface area contributed by atoms with Gasteiger partial charge in [-0.15, -0.1) is 0 Å². The van der Waals surface area contributed by atoms with Crippen molar-refractivity contribution in [3.8, 4) is 0 Å². The maximum absolute atomic E-state index is 12.7. The molecule has 0 spiro atoms. The first-order valence-corrected chi connectivity index (χ1v) is 11.7. The Morgan fingerprint density at radius 3 is 2.06 bits per heavy atom. The lowest BCUT2D eigenvalue weighted by Crippen LogP contribution is -2.44. The molecule has 1 N–H and O–H groups in total. The second-order valence-corrected chi connectivity index (χ2v) is 10.5. The van der Waals surface area contributed by atoms with E-state index in [1.807, 2.05) is 97.0 Å². The number of ether oxygens (including phenoxy) is 2. The minimum atomic E-state index is -0.714. The van der Waals surface area contributed by atoms with E-state index in [9.17, 15) is 9.59 Å². The predicted molar refractivity (Wildman–Crippen MR) is 138 cm³/mol. The van der Waals surface area contributed by atoms with Crippen molar-refractivity contribution in [2.24, 2.45) is 0 Å². The first-order valence-electron chi connectivity index (χ1n) is 11.7. The second-order valence-electron chi connectivity index (χ2n) is 10.5. The van der Waals surface area contributed by atoms with E-state index in [2.05, 4.69) is 11.9 Å². The molecule has 0 radical (unpaired) electrons. The van der Waals surface area contributed by atoms with Crippen molar-refractivity contribution >= 4 is 17.4 Å². The fourth-order valence-corrected chi connectivity index (χ4v) is 3.57. The highest BCUT2D eigenvalue weighted by Gasteiger charge is 2.30. The zero-order valence-electron chi connectivity index (χ0n) is 21.9. The molecule has 0 atom stereocenters. The molecule has 0 saturated heterocycles. The van der Waals surface area contributed by atoms with Gasteiger partial charge in [-0.25, -0.2) is 4.79 Å². The zero-order chi connectivity index (χ0) is 25.7. The van der Waals surface area contributed by atoms with Gasteiger partial charge >= 0.3 is 6.09 Å². The number of hydrogen-bond donors (Lipinski definition) is 1. The number of nitrogens with one attached hydrogen (secondary N) is 1. The van der Waals surface area contributed by atoms with Gasteiger partial charge in [0.05, 0.1) is 17.7 Å². The van der Waals surface area contributed by atoms with Crippen LogP contribution in [-0.4, -0.2) is 24.1 Å². The third-order valence-corrected chi connectivity index (χ3v) is 6.01. The van der Waals surface area contributed by atoms with Crippen LogP contribution in [0.15, 0.2) is 55.1 Å². The third-order valence-electron chi connectivity index (χ3n) is 6.01. The molecule has 0 saturated carbocycles. The number of hydrogen-bond acceptors (Lipinski definition) is 4. The molecule has 2 aromatic carbocycles. The quantitative estimate of drug-likeness (QED) is 0.384. The van der Waals surface area contributed by atoms with Crippen LogP contribution in [0, 0.1) is 0 Å². The number of alkyl carbamates (subject to hydrolysis) is 1. The SMILES string of the molecule is C=C(C)c1cccc(C(C)(C)NC(=O)OC(C)(C)CCOC(C)(C)c2ccc(C(C)=O)cc2)c1. The number of rotatable bonds is 10. The summed E-state index contributed by atoms with van der Waals surface area (Å²) in [6.07, 6.45) is 0.0517. The van der Waals surface area contributed by atoms with Crippen molar-refractivity contribution in [1.82, 2.24) is 5.32 Å². The van der Waals surface area contributed by atoms with Crippen molar-refractivity contribution < 1.29 is 19.1 Å². The van der Waals surface area contributed by atoms with Gasteiger partial charge in [-0.3, -0.25) is 4.79 Å². The Kier molecular flexibility index (Phi) is 8.49. The summed E-state index contributed by atoms with van der Waals surface area (Å²) in [5.41, 5.74) is 2.78. The van der Waals surface area contributed by atoms with Gasteiger partial charge in [0.2, 0.25) is 0 Å². The molecule has 1 amide bonds. The summed E-state index contributed by atoms with van der Waals surface area (Å²) in [5, 5.41) is 2.98. The lowest BCUT2D eigenvalue weighted by molar-refractivity contribution is -0.0534. The fourth-order valence-electron chi connectivity index (χ4n) is 3.57. The van der Waals surface area contributed by atoms with Gasteiger partial charge in [0.15, 0.2) is 5.78 Å². The predicted octanol–water partition coefficient (Wildman–Crippen LogP) is 7.00. The molecule has 2 aromatic rings. The van der Waals surface area contributed by atoms with Gasteiger partial charge < -0.3 is 14.8 Å². The highest BCUT2D eigenvalue weighted by atomic mass is 16.6. The van der Waals surface area contributed by atoms with Crippen LogP contribution in [0.2, 0.25) is 0 Å². The van der Waals surface area contributed by atoms with Crippen LogP contribution in [-0.2, 0) is 20.6 Å². The minimum Gasteiger partial charge on any atom is -0.443 e. The number of amides is 1. The van der Waals surface area contributed by atoms with E-state index in [1.165, 1.54) is 0 Å². The Morgan fingerprint density at radius 1 is 0.882 bits per heavy atom. The molecular formula is C29H39NO4. The summed E-state index contributed by atoms with van der Waals surface area (Å²) >= 11 is 0. The van der Waals surface area contributed by atoms with Crippen LogP contribution in [0.1, 0.15) is 88.9 Å². The van der Waals surface area contributed by atoms with E-state index in [4.69, 9.17) is 9.47 Å². The highest BCUT2D eigenvalue weighted by molar-refractivity contribution is 5.94. The molecule has 0 fully saturated rings. The summed E-state index contributed by atoms with van der Waals surface area (Å²) in [6, 6.07) is 15.4. The molecule has 0 aliphatic carbocycles. The van der Waals surface area contributed by atoms with Gasteiger partial charge in [-0.2, -0.15) is 0 Å². The summed E-state index contributed by atoms with van der Waals surface area (Å²) in [6.45, 7) is 19.5. The van der Waals surface area contributed by atoms with Crippen molar-refractivity contribution in [2.75, 3.05) is 6.61 Å². The molecule has 0 aliphatic heterocycles. The Balaban J connectivity index is 1.93. The second kappa shape index (κ2) is 10.6. The van der Waals surface area contributed by atoms with Crippen LogP contribution >= 0.6 is 0 Å². The summed E-state index contributed by atoms with van der Waals surface area (Å²) in [4.78, 5) is 24.2. The maximum atomic E-state index is 12.7. The molecule has 5 heteroatoms. The molecule has 0 aromatic heterocycles. The standard InChI is InChI=1S/C29H39NO4/c1-20(2)23-11-10-12-25(19-23)28(6,7)30-26(32)34-27(4,5)17-18-33-29(8,9)24-15-13-22(14-16-24)21(3)31/h10-16,19H,1,17-18H2,2-9H3,(H,30,32). The third kappa shape index (κ3) is 7.56. The maximum Gasteiger partial charge on any atom is 0.408 e. The molecule has 0 aliphatic rings. The fraction of sp³-hybridized carbons (Fsp3) is 0.448. The molecular weight excluding hydrogens is 426 g/mol. The number of carbonyl (C=O) groups is 2. The van der Waals surface area contributed by atoms with Gasteiger partial charge in [0.25, 0.3) is 0 Å². The lowest BCUT2D eigenvalue weighted by atomic mass is 9.92. The van der Waals surface area contributed by atoms with E-state index in [0.717, 1.165) is 22.3 Å². The Morgan fingerprint density at radius 2 is 1.50 bits per heavy atom. The van der Waals surface area contributed by atoms with Gasteiger partial charge in [-0.1, -0.05) is 54.6 Å². The number of Topliss-reactive ketones (excluding diaryl/α,β-unsaturated/α-hetero) is 1. The van der Waals surface area contributed by atoms with Crippen molar-refractivity contribution in [1.29, 1.82) is 0 Å². The van der Waals surface area contributed by atoms with Gasteiger partial charge in [0.1, 0.15) is 5.60 Å². The molecule has 2 rings (SSSR count). The zero-order valence-corrected chi connectivity index (χ0v) is 21.9. The van der Waals surface area contributed by atoms with Crippen LogP contribution in [0.4, 0.5) is 4.79 Å². The molecule has 34 heavy (non-hydrogen) atoms. The smallest absolute Gasteiger partial charge is 0.408 e. The molecule has 0 unspecified atom stereocenters. The minimum absolute atomic E-state index is 0.0363. The Labute approximate surface area is 204 Å². The normalized spacial score (nSPS) is 12.2. The van der Waals surface area contributed by atoms with Crippen molar-refractivity contribution in [2.45, 2.75) is 78.6 Å². The summed E-state index contributed by atoms with van der Waals surface area (Å²) in [7, 11) is 0. The summed E-state index contributed by atoms with van der Waals surface area (Å²) in [5.74, 6) is 0.0363. The molecule has 5 nitrogen and oxygen atoms in total. The van der Waals surface area contributed by atoms with E-state index < -0.39 is 22.8 Å². The number of carbonyl (C=O) groups excluding carboxylic acids is 2. The van der Waals surface area contributed by atoms with E-state index in [1.54, 1.807) is 6.92 Å². The lowest BCUT2D eigenvalue weighted by Gasteiger charge is -2.32. The first kappa shape index (κ1) is 27.3. The van der Waals surface area contributed by atoms with E-state index in [0.29, 0.717) is 18.6 Å². The van der Waals surface area contributed by atoms with Crippen molar-refractivity contribution in [3.05, 3.63) is 77.4 Å². The Bertz CT molecular complexity index is 1030. The Hall–Kier alpha value is -2.92. The molecule has 0 bridgehead atoms. The van der Waals surface area contributed by atoms with Crippen molar-refractivity contribution in [3.63, 3.8) is 0 Å². The van der Waals surface area contributed by atoms with Crippen LogP contribution < -0.4 is 5.32 Å². The van der Waals surface area contributed by atoms with Gasteiger partial charge in [-0.05, 0) is 78.1 Å². The number of allylic oxidation sites excluding steroid dienone is 1. The molecule has 0 heterocycles. The van der Waals surface area contributed by atoms with Crippen LogP contribution in [0.3, 0.4) is 0 Å². The van der Waals surface area contributed by atoms with Crippen LogP contribution in [0.5, 0.6) is 0 Å². The highest BCUT2D eigenvalue weighted by Crippen LogP contribution is 2.28. The average Bonchev–Trinajstić information content (AvgIpc) is 2.72. The first-order chi connectivity index (χ1) is 15.6. The molecule has 184 valence electrons. The van der Waals surface area contributed by atoms with E-state index >= 15 is 0 Å². The monoisotopic (exact) mass is 465 g/mol.